The molecule has 1 amide bonds. The minimum absolute atomic E-state index is 0.0133. The topological polar surface area (TPSA) is 125 Å². The monoisotopic (exact) mass is 576 g/mol. The fraction of sp³-hybridized carbons (Fsp3) is 0.207. The van der Waals surface area contributed by atoms with E-state index in [0.29, 0.717) is 54.0 Å². The van der Waals surface area contributed by atoms with E-state index in [9.17, 15) is 17.6 Å². The molecule has 2 heterocycles. The molecule has 1 fully saturated rings. The highest BCUT2D eigenvalue weighted by Gasteiger charge is 2.52. The molecule has 1 aromatic heterocycles. The molecule has 3 aromatic carbocycles. The summed E-state index contributed by atoms with van der Waals surface area (Å²) in [4.78, 5) is 22.1. The van der Waals surface area contributed by atoms with E-state index in [1.54, 1.807) is 42.6 Å². The van der Waals surface area contributed by atoms with Gasteiger partial charge in [0, 0.05) is 36.1 Å². The van der Waals surface area contributed by atoms with Gasteiger partial charge < -0.3 is 16.0 Å². The molecule has 12 heteroatoms. The zero-order chi connectivity index (χ0) is 28.6. The lowest BCUT2D eigenvalue weighted by molar-refractivity contribution is -0.118. The van der Waals surface area contributed by atoms with Crippen LogP contribution in [0, 0.1) is 11.6 Å². The molecule has 0 unspecified atom stereocenters. The second-order valence-corrected chi connectivity index (χ2v) is 11.8. The van der Waals surface area contributed by atoms with Crippen LogP contribution in [0.15, 0.2) is 77.8 Å². The molecule has 0 radical (unpaired) electrons. The van der Waals surface area contributed by atoms with Gasteiger partial charge in [0.15, 0.2) is 0 Å². The van der Waals surface area contributed by atoms with E-state index in [1.165, 1.54) is 30.3 Å². The lowest BCUT2D eigenvalue weighted by atomic mass is 9.94. The van der Waals surface area contributed by atoms with Crippen molar-refractivity contribution in [1.29, 1.82) is 0 Å². The van der Waals surface area contributed by atoms with Crippen molar-refractivity contribution in [2.45, 2.75) is 29.6 Å². The van der Waals surface area contributed by atoms with Gasteiger partial charge in [0.1, 0.15) is 17.5 Å². The molecule has 1 saturated carbocycles. The van der Waals surface area contributed by atoms with Crippen LogP contribution in [0.25, 0.3) is 11.1 Å². The van der Waals surface area contributed by atoms with Crippen molar-refractivity contribution in [1.82, 2.24) is 14.7 Å². The van der Waals surface area contributed by atoms with E-state index in [2.05, 4.69) is 30.6 Å². The summed E-state index contributed by atoms with van der Waals surface area (Å²) in [5, 5.41) is 8.84. The van der Waals surface area contributed by atoms with Crippen LogP contribution in [0.4, 0.5) is 31.9 Å². The molecule has 2 aliphatic rings. The van der Waals surface area contributed by atoms with Gasteiger partial charge in [-0.3, -0.25) is 4.79 Å². The third-order valence-electron chi connectivity index (χ3n) is 7.23. The average Bonchev–Trinajstić information content (AvgIpc) is 3.76. The summed E-state index contributed by atoms with van der Waals surface area (Å²) in [6.45, 7) is 0.593. The quantitative estimate of drug-likeness (QED) is 0.272. The molecule has 41 heavy (non-hydrogen) atoms. The second kappa shape index (κ2) is 10.5. The summed E-state index contributed by atoms with van der Waals surface area (Å²) in [7, 11) is -3.68. The van der Waals surface area contributed by atoms with Crippen LogP contribution in [0.2, 0.25) is 0 Å². The zero-order valence-electron chi connectivity index (χ0n) is 21.7. The normalized spacial score (nSPS) is 17.0. The molecule has 4 N–H and O–H groups in total. The first kappa shape index (κ1) is 26.8. The van der Waals surface area contributed by atoms with Gasteiger partial charge in [0.05, 0.1) is 16.0 Å². The maximum absolute atomic E-state index is 15.3. The van der Waals surface area contributed by atoms with E-state index in [0.717, 1.165) is 0 Å². The van der Waals surface area contributed by atoms with Crippen molar-refractivity contribution in [2.75, 3.05) is 29.0 Å². The Balaban J connectivity index is 1.26. The van der Waals surface area contributed by atoms with E-state index in [4.69, 9.17) is 0 Å². The largest absolute Gasteiger partial charge is 0.369 e. The van der Waals surface area contributed by atoms with Crippen LogP contribution in [-0.2, 0) is 20.2 Å². The summed E-state index contributed by atoms with van der Waals surface area (Å²) in [6, 6.07) is 16.8. The molecule has 9 nitrogen and oxygen atoms in total. The Labute approximate surface area is 235 Å². The minimum Gasteiger partial charge on any atom is -0.369 e. The number of amides is 1. The molecular formula is C29H26F2N6O3S. The van der Waals surface area contributed by atoms with E-state index in [-0.39, 0.29) is 23.1 Å². The van der Waals surface area contributed by atoms with Crippen molar-refractivity contribution in [3.05, 3.63) is 90.1 Å². The first-order valence-corrected chi connectivity index (χ1v) is 14.6. The van der Waals surface area contributed by atoms with Crippen molar-refractivity contribution < 1.29 is 22.0 Å². The third kappa shape index (κ3) is 5.35. The van der Waals surface area contributed by atoms with Crippen LogP contribution in [0.1, 0.15) is 24.8 Å². The van der Waals surface area contributed by atoms with Gasteiger partial charge >= 0.3 is 0 Å². The summed E-state index contributed by atoms with van der Waals surface area (Å²) in [5.74, 6) is -0.919. The fourth-order valence-corrected chi connectivity index (χ4v) is 5.98. The van der Waals surface area contributed by atoms with Crippen LogP contribution < -0.4 is 20.7 Å². The number of aromatic nitrogens is 2. The van der Waals surface area contributed by atoms with Gasteiger partial charge in [-0.2, -0.15) is 4.98 Å². The summed E-state index contributed by atoms with van der Waals surface area (Å²) in [6.07, 6.45) is 2.98. The molecule has 210 valence electrons. The number of benzene rings is 3. The first-order chi connectivity index (χ1) is 19.7. The Morgan fingerprint density at radius 1 is 0.951 bits per heavy atom. The number of carbonyl (C=O) groups excluding carboxylic acids is 1. The molecule has 0 atom stereocenters. The van der Waals surface area contributed by atoms with Crippen molar-refractivity contribution in [2.24, 2.45) is 0 Å². The Kier molecular flexibility index (Phi) is 6.88. The predicted octanol–water partition coefficient (Wildman–Crippen LogP) is 4.93. The highest BCUT2D eigenvalue weighted by molar-refractivity contribution is 7.89. The lowest BCUT2D eigenvalue weighted by Crippen LogP contribution is -2.29. The smallest absolute Gasteiger partial charge is 0.240 e. The van der Waals surface area contributed by atoms with Gasteiger partial charge in [-0.1, -0.05) is 30.3 Å². The molecular weight excluding hydrogens is 550 g/mol. The highest BCUT2D eigenvalue weighted by Crippen LogP contribution is 2.50. The number of hydrogen-bond acceptors (Lipinski definition) is 7. The molecule has 4 bridgehead atoms. The maximum Gasteiger partial charge on any atom is 0.240 e. The second-order valence-electron chi connectivity index (χ2n) is 10.00. The van der Waals surface area contributed by atoms with Crippen LogP contribution in [0.5, 0.6) is 0 Å². The number of nitrogens with one attached hydrogen (secondary N) is 4. The number of carbonyl (C=O) groups is 1. The Hall–Kier alpha value is -4.42. The third-order valence-corrected chi connectivity index (χ3v) is 8.69. The number of anilines is 4. The number of nitrogens with zero attached hydrogens (tertiary/aromatic N) is 2. The molecule has 4 aromatic rings. The average molecular weight is 577 g/mol. The molecule has 1 aliphatic carbocycles. The number of fused-ring (bicyclic) bond motifs is 4. The predicted molar refractivity (Wildman–Crippen MR) is 151 cm³/mol. The summed E-state index contributed by atoms with van der Waals surface area (Å²) in [5.41, 5.74) is 0.769. The Morgan fingerprint density at radius 2 is 1.78 bits per heavy atom. The molecule has 0 spiro atoms. The number of sulfonamides is 1. The van der Waals surface area contributed by atoms with Gasteiger partial charge in [-0.15, -0.1) is 0 Å². The van der Waals surface area contributed by atoms with Gasteiger partial charge in [0.2, 0.25) is 21.9 Å². The first-order valence-electron chi connectivity index (χ1n) is 13.1. The Bertz CT molecular complexity index is 1760. The standard InChI is InChI=1S/C29H26F2N6O3S/c30-23-8-2-1-7-22(23)29(11-12-29)27(38)36-25-10-9-18(15-24(25)31)21-17-33-28-35-19-5-3-6-20(16-19)41(39,40)34-14-4-13-32-26(21)37-28/h1-3,5-10,15-17,34H,4,11-14H2,(H,36,38)(H2,32,33,35,37). The molecule has 6 rings (SSSR count). The van der Waals surface area contributed by atoms with Crippen molar-refractivity contribution >= 4 is 39.1 Å². The van der Waals surface area contributed by atoms with Crippen LogP contribution >= 0.6 is 0 Å². The highest BCUT2D eigenvalue weighted by atomic mass is 32.2. The van der Waals surface area contributed by atoms with Crippen LogP contribution in [-0.4, -0.2) is 37.4 Å². The van der Waals surface area contributed by atoms with E-state index in [1.807, 2.05) is 0 Å². The van der Waals surface area contributed by atoms with Crippen molar-refractivity contribution in [3.8, 4) is 11.1 Å². The lowest BCUT2D eigenvalue weighted by Gasteiger charge is -2.17. The Morgan fingerprint density at radius 3 is 2.56 bits per heavy atom. The number of rotatable bonds is 4. The number of halogens is 2. The zero-order valence-corrected chi connectivity index (χ0v) is 22.6. The summed E-state index contributed by atoms with van der Waals surface area (Å²) < 4.78 is 57.5. The fourth-order valence-electron chi connectivity index (χ4n) is 4.86. The minimum atomic E-state index is -3.68. The maximum atomic E-state index is 15.3. The van der Waals surface area contributed by atoms with E-state index < -0.39 is 33.0 Å². The molecule has 1 aliphatic heterocycles. The number of hydrogen-bond donors (Lipinski definition) is 4. The SMILES string of the molecule is O=C(Nc1ccc(-c2cnc3nc2NCCCNS(=O)(=O)c2cccc(c2)N3)cc1F)C1(c2ccccc2F)CC1. The van der Waals surface area contributed by atoms with E-state index >= 15 is 4.39 Å². The molecule has 0 saturated heterocycles. The van der Waals surface area contributed by atoms with Gasteiger partial charge in [-0.25, -0.2) is 26.9 Å². The van der Waals surface area contributed by atoms with Crippen molar-refractivity contribution in [3.63, 3.8) is 0 Å². The van der Waals surface area contributed by atoms with Gasteiger partial charge in [-0.05, 0) is 61.2 Å². The van der Waals surface area contributed by atoms with Crippen LogP contribution in [0.3, 0.4) is 0 Å². The van der Waals surface area contributed by atoms with Gasteiger partial charge in [0.25, 0.3) is 0 Å². The summed E-state index contributed by atoms with van der Waals surface area (Å²) >= 11 is 0.